The van der Waals surface area contributed by atoms with E-state index in [4.69, 9.17) is 9.47 Å². The van der Waals surface area contributed by atoms with Crippen LogP contribution in [0.1, 0.15) is 12.5 Å². The Kier molecular flexibility index (Phi) is 6.51. The maximum absolute atomic E-state index is 10.9. The van der Waals surface area contributed by atoms with Crippen molar-refractivity contribution in [3.63, 3.8) is 0 Å². The number of carbonyl (C=O) groups excluding carboxylic acids is 1. The first-order chi connectivity index (χ1) is 8.72. The molecule has 0 fully saturated rings. The van der Waals surface area contributed by atoms with E-state index in [0.29, 0.717) is 6.61 Å². The second kappa shape index (κ2) is 8.25. The fourth-order valence-electron chi connectivity index (χ4n) is 1.43. The number of hydrogen-bond donors (Lipinski definition) is 0. The lowest BCUT2D eigenvalue weighted by molar-refractivity contribution is -0.146. The van der Waals surface area contributed by atoms with Crippen molar-refractivity contribution in [3.8, 4) is 0 Å². The quantitative estimate of drug-likeness (QED) is 0.572. The van der Waals surface area contributed by atoms with Crippen molar-refractivity contribution in [2.24, 2.45) is 0 Å². The Balaban J connectivity index is 2.50. The van der Waals surface area contributed by atoms with Crippen molar-refractivity contribution < 1.29 is 14.3 Å². The standard InChI is InChI=1S/C15H18O3/c1-13(16)18-15(12-17-2)11-7-6-10-14-8-4-3-5-9-14/h3-11,15H,12H2,1-2H3/b10-6+,11-7+/t15-/m0/s1. The number of ether oxygens (including phenoxy) is 2. The van der Waals surface area contributed by atoms with Gasteiger partial charge in [-0.25, -0.2) is 0 Å². The molecule has 0 unspecified atom stereocenters. The molecule has 3 nitrogen and oxygen atoms in total. The average molecular weight is 246 g/mol. The number of methoxy groups -OCH3 is 1. The fourth-order valence-corrected chi connectivity index (χ4v) is 1.43. The highest BCUT2D eigenvalue weighted by Gasteiger charge is 2.06. The van der Waals surface area contributed by atoms with Crippen LogP contribution in [0.15, 0.2) is 48.6 Å². The first kappa shape index (κ1) is 14.2. The van der Waals surface area contributed by atoms with Crippen LogP contribution in [0, 0.1) is 0 Å². The number of rotatable bonds is 6. The van der Waals surface area contributed by atoms with Crippen molar-refractivity contribution in [3.05, 3.63) is 54.1 Å². The van der Waals surface area contributed by atoms with E-state index in [1.807, 2.05) is 48.6 Å². The van der Waals surface area contributed by atoms with Crippen LogP contribution in [0.5, 0.6) is 0 Å². The summed E-state index contributed by atoms with van der Waals surface area (Å²) in [6.45, 7) is 1.74. The van der Waals surface area contributed by atoms with Gasteiger partial charge in [0, 0.05) is 14.0 Å². The number of hydrogen-bond acceptors (Lipinski definition) is 3. The molecule has 0 aliphatic rings. The molecule has 0 aliphatic carbocycles. The first-order valence-corrected chi connectivity index (χ1v) is 5.78. The molecule has 1 aromatic rings. The monoisotopic (exact) mass is 246 g/mol. The normalized spacial score (nSPS) is 13.0. The zero-order valence-electron chi connectivity index (χ0n) is 10.7. The highest BCUT2D eigenvalue weighted by atomic mass is 16.6. The molecule has 3 heteroatoms. The van der Waals surface area contributed by atoms with Crippen LogP contribution in [0.25, 0.3) is 6.08 Å². The summed E-state index contributed by atoms with van der Waals surface area (Å²) in [7, 11) is 1.57. The van der Waals surface area contributed by atoms with Crippen molar-refractivity contribution in [1.29, 1.82) is 0 Å². The third kappa shape index (κ3) is 6.01. The lowest BCUT2D eigenvalue weighted by Gasteiger charge is -2.10. The van der Waals surface area contributed by atoms with Gasteiger partial charge >= 0.3 is 5.97 Å². The molecule has 0 radical (unpaired) electrons. The zero-order valence-corrected chi connectivity index (χ0v) is 10.7. The first-order valence-electron chi connectivity index (χ1n) is 5.78. The minimum atomic E-state index is -0.340. The SMILES string of the molecule is COC[C@H](/C=C/C=C/c1ccccc1)OC(C)=O. The number of benzene rings is 1. The molecule has 0 heterocycles. The predicted octanol–water partition coefficient (Wildman–Crippen LogP) is 2.83. The summed E-state index contributed by atoms with van der Waals surface area (Å²) in [4.78, 5) is 10.9. The third-order valence-corrected chi connectivity index (χ3v) is 2.17. The van der Waals surface area contributed by atoms with Crippen molar-refractivity contribution in [1.82, 2.24) is 0 Å². The van der Waals surface area contributed by atoms with Crippen molar-refractivity contribution >= 4 is 12.0 Å². The van der Waals surface area contributed by atoms with Crippen LogP contribution in [0.2, 0.25) is 0 Å². The molecule has 96 valence electrons. The van der Waals surface area contributed by atoms with Gasteiger partial charge < -0.3 is 9.47 Å². The Bertz CT molecular complexity index is 407. The molecule has 1 rings (SSSR count). The second-order valence-electron chi connectivity index (χ2n) is 3.76. The minimum Gasteiger partial charge on any atom is -0.456 e. The largest absolute Gasteiger partial charge is 0.456 e. The predicted molar refractivity (Wildman–Crippen MR) is 72.0 cm³/mol. The minimum absolute atomic E-state index is 0.311. The average Bonchev–Trinajstić information content (AvgIpc) is 2.35. The summed E-state index contributed by atoms with van der Waals surface area (Å²) in [5, 5.41) is 0. The van der Waals surface area contributed by atoms with E-state index < -0.39 is 0 Å². The highest BCUT2D eigenvalue weighted by Crippen LogP contribution is 2.02. The van der Waals surface area contributed by atoms with Gasteiger partial charge in [-0.15, -0.1) is 0 Å². The van der Waals surface area contributed by atoms with Crippen LogP contribution >= 0.6 is 0 Å². The summed E-state index contributed by atoms with van der Waals surface area (Å²) in [6.07, 6.45) is 7.19. The van der Waals surface area contributed by atoms with E-state index in [1.165, 1.54) is 6.92 Å². The van der Waals surface area contributed by atoms with Gasteiger partial charge in [-0.05, 0) is 11.6 Å². The van der Waals surface area contributed by atoms with Crippen LogP contribution in [0.4, 0.5) is 0 Å². The molecular weight excluding hydrogens is 228 g/mol. The van der Waals surface area contributed by atoms with E-state index in [2.05, 4.69) is 0 Å². The van der Waals surface area contributed by atoms with E-state index in [1.54, 1.807) is 13.2 Å². The molecule has 0 bridgehead atoms. The van der Waals surface area contributed by atoms with Gasteiger partial charge in [0.2, 0.25) is 0 Å². The van der Waals surface area contributed by atoms with Crippen LogP contribution in [-0.2, 0) is 14.3 Å². The van der Waals surface area contributed by atoms with E-state index >= 15 is 0 Å². The Labute approximate surface area is 108 Å². The number of carbonyl (C=O) groups is 1. The van der Waals surface area contributed by atoms with E-state index in [0.717, 1.165) is 5.56 Å². The number of esters is 1. The van der Waals surface area contributed by atoms with Gasteiger partial charge in [0.1, 0.15) is 6.10 Å². The summed E-state index contributed by atoms with van der Waals surface area (Å²) < 4.78 is 10.0. The Hall–Kier alpha value is -1.87. The van der Waals surface area contributed by atoms with Gasteiger partial charge in [-0.1, -0.05) is 48.6 Å². The van der Waals surface area contributed by atoms with E-state index in [9.17, 15) is 4.79 Å². The maximum atomic E-state index is 10.9. The zero-order chi connectivity index (χ0) is 13.2. The highest BCUT2D eigenvalue weighted by molar-refractivity contribution is 5.66. The number of allylic oxidation sites excluding steroid dienone is 2. The van der Waals surface area contributed by atoms with Crippen LogP contribution < -0.4 is 0 Å². The van der Waals surface area contributed by atoms with Crippen LogP contribution in [-0.4, -0.2) is 25.8 Å². The van der Waals surface area contributed by atoms with Gasteiger partial charge in [0.05, 0.1) is 6.61 Å². The van der Waals surface area contributed by atoms with Crippen LogP contribution in [0.3, 0.4) is 0 Å². The summed E-state index contributed by atoms with van der Waals surface area (Å²) >= 11 is 0. The molecule has 0 aliphatic heterocycles. The third-order valence-electron chi connectivity index (χ3n) is 2.17. The van der Waals surface area contributed by atoms with Gasteiger partial charge in [-0.2, -0.15) is 0 Å². The smallest absolute Gasteiger partial charge is 0.303 e. The van der Waals surface area contributed by atoms with Gasteiger partial charge in [0.25, 0.3) is 0 Å². The van der Waals surface area contributed by atoms with E-state index in [-0.39, 0.29) is 12.1 Å². The molecule has 0 aromatic heterocycles. The summed E-state index contributed by atoms with van der Waals surface area (Å²) in [6, 6.07) is 9.97. The second-order valence-corrected chi connectivity index (χ2v) is 3.76. The molecule has 0 saturated heterocycles. The Morgan fingerprint density at radius 3 is 2.61 bits per heavy atom. The molecule has 0 N–H and O–H groups in total. The summed E-state index contributed by atoms with van der Waals surface area (Å²) in [5.74, 6) is -0.311. The Morgan fingerprint density at radius 1 is 1.28 bits per heavy atom. The molecule has 1 atom stereocenters. The molecule has 0 amide bonds. The molecule has 0 saturated carbocycles. The summed E-state index contributed by atoms with van der Waals surface area (Å²) in [5.41, 5.74) is 1.12. The Morgan fingerprint density at radius 2 is 2.00 bits per heavy atom. The molecule has 0 spiro atoms. The van der Waals surface area contributed by atoms with Gasteiger partial charge in [0.15, 0.2) is 0 Å². The fraction of sp³-hybridized carbons (Fsp3) is 0.267. The molecule has 18 heavy (non-hydrogen) atoms. The van der Waals surface area contributed by atoms with Gasteiger partial charge in [-0.3, -0.25) is 4.79 Å². The maximum Gasteiger partial charge on any atom is 0.303 e. The molecular formula is C15H18O3. The van der Waals surface area contributed by atoms with Crippen molar-refractivity contribution in [2.75, 3.05) is 13.7 Å². The van der Waals surface area contributed by atoms with Crippen molar-refractivity contribution in [2.45, 2.75) is 13.0 Å². The lowest BCUT2D eigenvalue weighted by Crippen LogP contribution is -2.19. The molecule has 1 aromatic carbocycles. The topological polar surface area (TPSA) is 35.5 Å². The lowest BCUT2D eigenvalue weighted by atomic mass is 10.2.